The van der Waals surface area contributed by atoms with Crippen molar-refractivity contribution in [2.24, 2.45) is 0 Å². The van der Waals surface area contributed by atoms with Gasteiger partial charge in [-0.25, -0.2) is 0 Å². The van der Waals surface area contributed by atoms with Crippen molar-refractivity contribution >= 4 is 0 Å². The van der Waals surface area contributed by atoms with Crippen LogP contribution in [0.2, 0.25) is 0 Å². The van der Waals surface area contributed by atoms with E-state index < -0.39 is 0 Å². The topological polar surface area (TPSA) is 23.5 Å². The summed E-state index contributed by atoms with van der Waals surface area (Å²) in [7, 11) is 0. The van der Waals surface area contributed by atoms with Gasteiger partial charge in [-0.15, -0.1) is 0 Å². The Morgan fingerprint density at radius 1 is 0.952 bits per heavy atom. The van der Waals surface area contributed by atoms with Gasteiger partial charge in [0, 0.05) is 19.0 Å². The molecule has 3 rings (SSSR count). The van der Waals surface area contributed by atoms with Crippen LogP contribution >= 0.6 is 0 Å². The number of rotatable bonds is 4. The molecule has 1 unspecified atom stereocenters. The van der Waals surface area contributed by atoms with E-state index in [0.717, 1.165) is 32.5 Å². The monoisotopic (exact) mass is 281 g/mol. The number of nitrogens with zero attached hydrogens (tertiary/aromatic N) is 1. The zero-order valence-electron chi connectivity index (χ0n) is 12.4. The van der Waals surface area contributed by atoms with Crippen LogP contribution in [0.15, 0.2) is 60.7 Å². The molecule has 2 heteroatoms. The fraction of sp³-hybridized carbons (Fsp3) is 0.368. The summed E-state index contributed by atoms with van der Waals surface area (Å²) in [6, 6.07) is 21.4. The molecule has 0 amide bonds. The van der Waals surface area contributed by atoms with E-state index in [4.69, 9.17) is 0 Å². The van der Waals surface area contributed by atoms with Crippen LogP contribution in [0.4, 0.5) is 0 Å². The molecule has 1 fully saturated rings. The molecule has 0 bridgehead atoms. The standard InChI is InChI=1S/C19H23NO/c21-18-12-7-13-20(14-18)15-19(16-8-3-1-4-9-16)17-10-5-2-6-11-17/h1-6,8-11,18-19,21H,7,12-15H2. The molecule has 1 aliphatic rings. The van der Waals surface area contributed by atoms with Gasteiger partial charge >= 0.3 is 0 Å². The molecule has 21 heavy (non-hydrogen) atoms. The Hall–Kier alpha value is -1.64. The van der Waals surface area contributed by atoms with Gasteiger partial charge in [-0.05, 0) is 30.5 Å². The van der Waals surface area contributed by atoms with Crippen molar-refractivity contribution in [3.8, 4) is 0 Å². The van der Waals surface area contributed by atoms with Gasteiger partial charge < -0.3 is 5.11 Å². The summed E-state index contributed by atoms with van der Waals surface area (Å²) >= 11 is 0. The first-order valence-electron chi connectivity index (χ1n) is 7.83. The maximum absolute atomic E-state index is 9.89. The lowest BCUT2D eigenvalue weighted by atomic mass is 9.90. The Morgan fingerprint density at radius 2 is 1.52 bits per heavy atom. The van der Waals surface area contributed by atoms with Crippen molar-refractivity contribution in [1.82, 2.24) is 4.90 Å². The van der Waals surface area contributed by atoms with Crippen LogP contribution in [-0.4, -0.2) is 35.7 Å². The van der Waals surface area contributed by atoms with Gasteiger partial charge in [0.05, 0.1) is 6.10 Å². The summed E-state index contributed by atoms with van der Waals surface area (Å²) < 4.78 is 0. The zero-order chi connectivity index (χ0) is 14.5. The number of hydrogen-bond acceptors (Lipinski definition) is 2. The molecular weight excluding hydrogens is 258 g/mol. The third kappa shape index (κ3) is 3.72. The third-order valence-corrected chi connectivity index (χ3v) is 4.33. The van der Waals surface area contributed by atoms with E-state index in [1.807, 2.05) is 0 Å². The Labute approximate surface area is 127 Å². The number of β-amino-alcohol motifs (C(OH)–C–C–N with tert-alkyl or cyclic N) is 1. The van der Waals surface area contributed by atoms with Crippen LogP contribution in [0.5, 0.6) is 0 Å². The Balaban J connectivity index is 1.83. The summed E-state index contributed by atoms with van der Waals surface area (Å²) in [5.41, 5.74) is 2.70. The van der Waals surface area contributed by atoms with Crippen LogP contribution in [0.25, 0.3) is 0 Å². The second kappa shape index (κ2) is 6.88. The van der Waals surface area contributed by atoms with Crippen LogP contribution in [0.1, 0.15) is 29.9 Å². The predicted octanol–water partition coefficient (Wildman–Crippen LogP) is 3.28. The lowest BCUT2D eigenvalue weighted by Gasteiger charge is -2.33. The second-order valence-electron chi connectivity index (χ2n) is 5.93. The average Bonchev–Trinajstić information content (AvgIpc) is 2.54. The van der Waals surface area contributed by atoms with Gasteiger partial charge in [0.1, 0.15) is 0 Å². The fourth-order valence-corrected chi connectivity index (χ4v) is 3.23. The minimum absolute atomic E-state index is 0.161. The maximum atomic E-state index is 9.89. The summed E-state index contributed by atoms with van der Waals surface area (Å²) in [6.07, 6.45) is 1.88. The molecule has 1 heterocycles. The molecule has 1 aliphatic heterocycles. The quantitative estimate of drug-likeness (QED) is 0.929. The molecule has 0 radical (unpaired) electrons. The van der Waals surface area contributed by atoms with Gasteiger partial charge in [0.15, 0.2) is 0 Å². The minimum atomic E-state index is -0.161. The van der Waals surface area contributed by atoms with Gasteiger partial charge in [-0.2, -0.15) is 0 Å². The summed E-state index contributed by atoms with van der Waals surface area (Å²) in [6.45, 7) is 2.87. The highest BCUT2D eigenvalue weighted by Gasteiger charge is 2.22. The summed E-state index contributed by atoms with van der Waals surface area (Å²) in [5, 5.41) is 9.89. The second-order valence-corrected chi connectivity index (χ2v) is 5.93. The van der Waals surface area contributed by atoms with E-state index in [9.17, 15) is 5.11 Å². The molecule has 1 N–H and O–H groups in total. The predicted molar refractivity (Wildman–Crippen MR) is 86.4 cm³/mol. The first-order chi connectivity index (χ1) is 10.3. The molecule has 1 atom stereocenters. The van der Waals surface area contributed by atoms with E-state index in [1.165, 1.54) is 11.1 Å². The highest BCUT2D eigenvalue weighted by atomic mass is 16.3. The van der Waals surface area contributed by atoms with E-state index in [0.29, 0.717) is 5.92 Å². The van der Waals surface area contributed by atoms with Gasteiger partial charge in [0.25, 0.3) is 0 Å². The molecule has 2 aromatic rings. The van der Waals surface area contributed by atoms with Gasteiger partial charge in [0.2, 0.25) is 0 Å². The SMILES string of the molecule is OC1CCCN(CC(c2ccccc2)c2ccccc2)C1. The van der Waals surface area contributed by atoms with E-state index in [2.05, 4.69) is 65.6 Å². The zero-order valence-corrected chi connectivity index (χ0v) is 12.4. The smallest absolute Gasteiger partial charge is 0.0667 e. The van der Waals surface area contributed by atoms with Gasteiger partial charge in [-0.1, -0.05) is 60.7 Å². The fourth-order valence-electron chi connectivity index (χ4n) is 3.23. The number of aliphatic hydroxyl groups excluding tert-OH is 1. The highest BCUT2D eigenvalue weighted by Crippen LogP contribution is 2.26. The maximum Gasteiger partial charge on any atom is 0.0667 e. The van der Waals surface area contributed by atoms with Crippen molar-refractivity contribution in [3.63, 3.8) is 0 Å². The molecule has 2 nitrogen and oxygen atoms in total. The molecule has 110 valence electrons. The number of likely N-dealkylation sites (tertiary alicyclic amines) is 1. The Kier molecular flexibility index (Phi) is 4.69. The average molecular weight is 281 g/mol. The normalized spacial score (nSPS) is 19.8. The van der Waals surface area contributed by atoms with Crippen LogP contribution in [-0.2, 0) is 0 Å². The van der Waals surface area contributed by atoms with Crippen molar-refractivity contribution in [3.05, 3.63) is 71.8 Å². The van der Waals surface area contributed by atoms with Crippen LogP contribution in [0, 0.1) is 0 Å². The molecule has 0 aliphatic carbocycles. The van der Waals surface area contributed by atoms with Crippen LogP contribution < -0.4 is 0 Å². The minimum Gasteiger partial charge on any atom is -0.392 e. The number of hydrogen-bond donors (Lipinski definition) is 1. The first-order valence-corrected chi connectivity index (χ1v) is 7.83. The molecule has 0 saturated carbocycles. The molecule has 0 spiro atoms. The summed E-state index contributed by atoms with van der Waals surface area (Å²) in [4.78, 5) is 2.40. The number of aliphatic hydroxyl groups is 1. The first kappa shape index (κ1) is 14.3. The third-order valence-electron chi connectivity index (χ3n) is 4.33. The largest absolute Gasteiger partial charge is 0.392 e. The molecular formula is C19H23NO. The van der Waals surface area contributed by atoms with E-state index in [1.54, 1.807) is 0 Å². The molecule has 1 saturated heterocycles. The molecule has 2 aromatic carbocycles. The van der Waals surface area contributed by atoms with Crippen molar-refractivity contribution in [2.75, 3.05) is 19.6 Å². The lowest BCUT2D eigenvalue weighted by molar-refractivity contribution is 0.0691. The highest BCUT2D eigenvalue weighted by molar-refractivity contribution is 5.32. The van der Waals surface area contributed by atoms with E-state index in [-0.39, 0.29) is 6.10 Å². The van der Waals surface area contributed by atoms with Crippen molar-refractivity contribution in [2.45, 2.75) is 24.9 Å². The Morgan fingerprint density at radius 3 is 2.05 bits per heavy atom. The molecule has 0 aromatic heterocycles. The van der Waals surface area contributed by atoms with Crippen LogP contribution in [0.3, 0.4) is 0 Å². The number of piperidine rings is 1. The number of benzene rings is 2. The van der Waals surface area contributed by atoms with Gasteiger partial charge in [-0.3, -0.25) is 4.90 Å². The lowest BCUT2D eigenvalue weighted by Crippen LogP contribution is -2.40. The Bertz CT molecular complexity index is 501. The van der Waals surface area contributed by atoms with E-state index >= 15 is 0 Å². The van der Waals surface area contributed by atoms with Crippen molar-refractivity contribution in [1.29, 1.82) is 0 Å². The van der Waals surface area contributed by atoms with Crippen molar-refractivity contribution < 1.29 is 5.11 Å². The summed E-state index contributed by atoms with van der Waals surface area (Å²) in [5.74, 6) is 0.373.